The number of nitrogens with zero attached hydrogens (tertiary/aromatic N) is 1. The summed E-state index contributed by atoms with van der Waals surface area (Å²) in [5.74, 6) is 0.813. The van der Waals surface area contributed by atoms with Gasteiger partial charge in [-0.15, -0.1) is 0 Å². The minimum Gasteiger partial charge on any atom is -0.492 e. The molecule has 0 spiro atoms. The smallest absolute Gasteiger partial charge is 0.311 e. The van der Waals surface area contributed by atoms with E-state index < -0.39 is 4.92 Å². The van der Waals surface area contributed by atoms with Gasteiger partial charge in [0.25, 0.3) is 0 Å². The third-order valence-corrected chi connectivity index (χ3v) is 2.46. The zero-order chi connectivity index (χ0) is 15.0. The fourth-order valence-electron chi connectivity index (χ4n) is 1.63. The van der Waals surface area contributed by atoms with E-state index >= 15 is 0 Å². The molecule has 0 radical (unpaired) electrons. The standard InChI is InChI=1S/C14H22N2O4/c1-4-7-15-8-9-19-12-5-6-13(16(17)18)14(10-12)20-11(2)3/h5-6,10-11,15H,4,7-9H2,1-3H3. The van der Waals surface area contributed by atoms with Crippen LogP contribution < -0.4 is 14.8 Å². The fourth-order valence-corrected chi connectivity index (χ4v) is 1.63. The first-order valence-corrected chi connectivity index (χ1v) is 6.83. The van der Waals surface area contributed by atoms with E-state index in [9.17, 15) is 10.1 Å². The molecule has 0 heterocycles. The van der Waals surface area contributed by atoms with Crippen LogP contribution in [0.15, 0.2) is 18.2 Å². The fraction of sp³-hybridized carbons (Fsp3) is 0.571. The normalized spacial score (nSPS) is 10.6. The molecule has 20 heavy (non-hydrogen) atoms. The van der Waals surface area contributed by atoms with E-state index in [0.717, 1.165) is 19.5 Å². The molecule has 1 aromatic carbocycles. The third kappa shape index (κ3) is 5.44. The van der Waals surface area contributed by atoms with Crippen molar-refractivity contribution >= 4 is 5.69 Å². The molecule has 0 atom stereocenters. The van der Waals surface area contributed by atoms with E-state index in [0.29, 0.717) is 12.4 Å². The van der Waals surface area contributed by atoms with Crippen molar-refractivity contribution in [2.75, 3.05) is 19.7 Å². The second-order valence-corrected chi connectivity index (χ2v) is 4.65. The van der Waals surface area contributed by atoms with Gasteiger partial charge in [0.2, 0.25) is 5.75 Å². The zero-order valence-corrected chi connectivity index (χ0v) is 12.2. The van der Waals surface area contributed by atoms with Crippen molar-refractivity contribution < 1.29 is 14.4 Å². The van der Waals surface area contributed by atoms with Crippen molar-refractivity contribution in [3.05, 3.63) is 28.3 Å². The van der Waals surface area contributed by atoms with E-state index in [-0.39, 0.29) is 17.5 Å². The van der Waals surface area contributed by atoms with E-state index in [4.69, 9.17) is 9.47 Å². The lowest BCUT2D eigenvalue weighted by molar-refractivity contribution is -0.386. The maximum absolute atomic E-state index is 10.9. The number of nitrogens with one attached hydrogen (secondary N) is 1. The Morgan fingerprint density at radius 3 is 2.70 bits per heavy atom. The highest BCUT2D eigenvalue weighted by Crippen LogP contribution is 2.31. The van der Waals surface area contributed by atoms with E-state index in [1.54, 1.807) is 12.1 Å². The minimum absolute atomic E-state index is 0.0462. The number of benzene rings is 1. The van der Waals surface area contributed by atoms with Crippen LogP contribution in [0, 0.1) is 10.1 Å². The van der Waals surface area contributed by atoms with Gasteiger partial charge < -0.3 is 14.8 Å². The number of nitro groups is 1. The molecule has 0 fully saturated rings. The van der Waals surface area contributed by atoms with Crippen LogP contribution in [-0.2, 0) is 0 Å². The van der Waals surface area contributed by atoms with Crippen LogP contribution >= 0.6 is 0 Å². The molecule has 0 amide bonds. The van der Waals surface area contributed by atoms with Gasteiger partial charge in [-0.1, -0.05) is 6.92 Å². The van der Waals surface area contributed by atoms with Crippen LogP contribution in [0.3, 0.4) is 0 Å². The molecule has 0 aliphatic heterocycles. The quantitative estimate of drug-likeness (QED) is 0.428. The van der Waals surface area contributed by atoms with Crippen LogP contribution in [0.25, 0.3) is 0 Å². The molecule has 6 heteroatoms. The number of ether oxygens (including phenoxy) is 2. The van der Waals surface area contributed by atoms with Crippen LogP contribution in [0.4, 0.5) is 5.69 Å². The highest BCUT2D eigenvalue weighted by molar-refractivity contribution is 5.50. The van der Waals surface area contributed by atoms with Gasteiger partial charge in [-0.25, -0.2) is 0 Å². The predicted octanol–water partition coefficient (Wildman–Crippen LogP) is 2.76. The van der Waals surface area contributed by atoms with Crippen molar-refractivity contribution in [2.24, 2.45) is 0 Å². The third-order valence-electron chi connectivity index (χ3n) is 2.46. The molecular weight excluding hydrogens is 260 g/mol. The van der Waals surface area contributed by atoms with Gasteiger partial charge >= 0.3 is 5.69 Å². The van der Waals surface area contributed by atoms with E-state index in [1.165, 1.54) is 6.07 Å². The van der Waals surface area contributed by atoms with E-state index in [1.807, 2.05) is 13.8 Å². The Morgan fingerprint density at radius 2 is 2.10 bits per heavy atom. The Hall–Kier alpha value is -1.82. The molecule has 6 nitrogen and oxygen atoms in total. The molecule has 0 bridgehead atoms. The largest absolute Gasteiger partial charge is 0.492 e. The predicted molar refractivity (Wildman–Crippen MR) is 77.5 cm³/mol. The summed E-state index contributed by atoms with van der Waals surface area (Å²) >= 11 is 0. The first kappa shape index (κ1) is 16.2. The molecule has 0 unspecified atom stereocenters. The van der Waals surface area contributed by atoms with E-state index in [2.05, 4.69) is 12.2 Å². The van der Waals surface area contributed by atoms with Crippen molar-refractivity contribution in [3.8, 4) is 11.5 Å². The number of hydrogen-bond acceptors (Lipinski definition) is 5. The summed E-state index contributed by atoms with van der Waals surface area (Å²) in [5.41, 5.74) is -0.0462. The topological polar surface area (TPSA) is 73.6 Å². The van der Waals surface area contributed by atoms with Gasteiger partial charge in [-0.05, 0) is 32.9 Å². The number of hydrogen-bond donors (Lipinski definition) is 1. The lowest BCUT2D eigenvalue weighted by atomic mass is 10.2. The highest BCUT2D eigenvalue weighted by Gasteiger charge is 2.17. The summed E-state index contributed by atoms with van der Waals surface area (Å²) in [5, 5.41) is 14.1. The van der Waals surface area contributed by atoms with Gasteiger partial charge in [-0.2, -0.15) is 0 Å². The molecular formula is C14H22N2O4. The summed E-state index contributed by atoms with van der Waals surface area (Å²) in [6, 6.07) is 4.57. The Morgan fingerprint density at radius 1 is 1.35 bits per heavy atom. The second kappa shape index (κ2) is 8.37. The first-order valence-electron chi connectivity index (χ1n) is 6.83. The van der Waals surface area contributed by atoms with Crippen molar-refractivity contribution in [3.63, 3.8) is 0 Å². The zero-order valence-electron chi connectivity index (χ0n) is 12.2. The summed E-state index contributed by atoms with van der Waals surface area (Å²) in [6.45, 7) is 7.95. The lowest BCUT2D eigenvalue weighted by Crippen LogP contribution is -2.21. The first-order chi connectivity index (χ1) is 9.54. The number of rotatable bonds is 9. The molecule has 112 valence electrons. The average molecular weight is 282 g/mol. The molecule has 0 aliphatic rings. The molecule has 1 N–H and O–H groups in total. The minimum atomic E-state index is -0.454. The van der Waals surface area contributed by atoms with Gasteiger partial charge in [-0.3, -0.25) is 10.1 Å². The van der Waals surface area contributed by atoms with Gasteiger partial charge in [0.1, 0.15) is 12.4 Å². The average Bonchev–Trinajstić information content (AvgIpc) is 2.37. The summed E-state index contributed by atoms with van der Waals surface area (Å²) < 4.78 is 11.0. The Balaban J connectivity index is 2.66. The molecule has 0 aromatic heterocycles. The Kier molecular flexibility index (Phi) is 6.79. The molecule has 1 aromatic rings. The van der Waals surface area contributed by atoms with Crippen molar-refractivity contribution in [1.29, 1.82) is 0 Å². The van der Waals surface area contributed by atoms with Crippen LogP contribution in [-0.4, -0.2) is 30.7 Å². The van der Waals surface area contributed by atoms with Crippen molar-refractivity contribution in [1.82, 2.24) is 5.32 Å². The molecule has 0 saturated carbocycles. The summed E-state index contributed by atoms with van der Waals surface area (Å²) in [4.78, 5) is 10.5. The van der Waals surface area contributed by atoms with Gasteiger partial charge in [0, 0.05) is 18.7 Å². The van der Waals surface area contributed by atoms with Crippen LogP contribution in [0.1, 0.15) is 27.2 Å². The molecule has 0 aliphatic carbocycles. The van der Waals surface area contributed by atoms with Crippen molar-refractivity contribution in [2.45, 2.75) is 33.3 Å². The Labute approximate surface area is 119 Å². The summed E-state index contributed by atoms with van der Waals surface area (Å²) in [7, 11) is 0. The van der Waals surface area contributed by atoms with Crippen LogP contribution in [0.5, 0.6) is 11.5 Å². The second-order valence-electron chi connectivity index (χ2n) is 4.65. The lowest BCUT2D eigenvalue weighted by Gasteiger charge is -2.12. The van der Waals surface area contributed by atoms with Gasteiger partial charge in [0.05, 0.1) is 11.0 Å². The number of nitro benzene ring substituents is 1. The molecule has 1 rings (SSSR count). The highest BCUT2D eigenvalue weighted by atomic mass is 16.6. The maximum atomic E-state index is 10.9. The summed E-state index contributed by atoms with van der Waals surface area (Å²) in [6.07, 6.45) is 0.944. The molecule has 0 saturated heterocycles. The SMILES string of the molecule is CCCNCCOc1ccc([N+](=O)[O-])c(OC(C)C)c1. The monoisotopic (exact) mass is 282 g/mol. The van der Waals surface area contributed by atoms with Crippen LogP contribution in [0.2, 0.25) is 0 Å². The Bertz CT molecular complexity index is 435. The van der Waals surface area contributed by atoms with Gasteiger partial charge in [0.15, 0.2) is 0 Å². The maximum Gasteiger partial charge on any atom is 0.311 e.